The van der Waals surface area contributed by atoms with Crippen LogP contribution < -0.4 is 4.74 Å². The second-order valence-electron chi connectivity index (χ2n) is 6.41. The van der Waals surface area contributed by atoms with Gasteiger partial charge in [0.05, 0.1) is 38.0 Å². The van der Waals surface area contributed by atoms with Crippen molar-refractivity contribution in [3.63, 3.8) is 0 Å². The zero-order chi connectivity index (χ0) is 18.6. The zero-order valence-electron chi connectivity index (χ0n) is 15.0. The minimum absolute atomic E-state index is 0.211. The van der Waals surface area contributed by atoms with Crippen molar-refractivity contribution < 1.29 is 28.6 Å². The highest BCUT2D eigenvalue weighted by atomic mass is 16.5. The van der Waals surface area contributed by atoms with Crippen LogP contribution in [0.15, 0.2) is 24.3 Å². The third kappa shape index (κ3) is 3.67. The van der Waals surface area contributed by atoms with Crippen molar-refractivity contribution in [2.75, 3.05) is 14.2 Å². The lowest BCUT2D eigenvalue weighted by atomic mass is 9.70. The Labute approximate surface area is 147 Å². The molecule has 6 heteroatoms. The summed E-state index contributed by atoms with van der Waals surface area (Å²) in [6.45, 7) is 3.78. The molecule has 0 amide bonds. The SMILES string of the molecule is CCCC1(C)Oc2ccccc2C(=O)C1C(CC(=O)OC)C(=O)OC. The molecule has 0 aromatic heterocycles. The molecule has 0 N–H and O–H groups in total. The van der Waals surface area contributed by atoms with Crippen LogP contribution in [0.1, 0.15) is 43.5 Å². The van der Waals surface area contributed by atoms with Crippen LogP contribution >= 0.6 is 0 Å². The monoisotopic (exact) mass is 348 g/mol. The summed E-state index contributed by atoms with van der Waals surface area (Å²) < 4.78 is 15.7. The summed E-state index contributed by atoms with van der Waals surface area (Å²) in [6, 6.07) is 6.95. The maximum absolute atomic E-state index is 13.2. The topological polar surface area (TPSA) is 78.9 Å². The summed E-state index contributed by atoms with van der Waals surface area (Å²) in [6.07, 6.45) is 1.09. The highest BCUT2D eigenvalue weighted by Crippen LogP contribution is 2.44. The van der Waals surface area contributed by atoms with Crippen molar-refractivity contribution in [2.45, 2.75) is 38.7 Å². The molecule has 0 radical (unpaired) electrons. The number of methoxy groups -OCH3 is 2. The molecule has 6 nitrogen and oxygen atoms in total. The molecule has 136 valence electrons. The summed E-state index contributed by atoms with van der Waals surface area (Å²) in [5, 5.41) is 0. The van der Waals surface area contributed by atoms with E-state index in [9.17, 15) is 14.4 Å². The van der Waals surface area contributed by atoms with E-state index in [-0.39, 0.29) is 12.2 Å². The first-order valence-corrected chi connectivity index (χ1v) is 8.34. The fourth-order valence-electron chi connectivity index (χ4n) is 3.58. The van der Waals surface area contributed by atoms with Crippen LogP contribution in [-0.4, -0.2) is 37.5 Å². The van der Waals surface area contributed by atoms with E-state index in [4.69, 9.17) is 14.2 Å². The lowest BCUT2D eigenvalue weighted by Crippen LogP contribution is -2.53. The maximum atomic E-state index is 13.2. The van der Waals surface area contributed by atoms with Gasteiger partial charge in [-0.1, -0.05) is 25.5 Å². The van der Waals surface area contributed by atoms with Gasteiger partial charge >= 0.3 is 11.9 Å². The smallest absolute Gasteiger partial charge is 0.310 e. The Morgan fingerprint density at radius 3 is 2.52 bits per heavy atom. The molecule has 25 heavy (non-hydrogen) atoms. The lowest BCUT2D eigenvalue weighted by molar-refractivity contribution is -0.156. The van der Waals surface area contributed by atoms with Gasteiger partial charge in [0.2, 0.25) is 0 Å². The number of rotatable bonds is 6. The molecule has 1 aliphatic rings. The van der Waals surface area contributed by atoms with E-state index in [1.165, 1.54) is 14.2 Å². The van der Waals surface area contributed by atoms with E-state index in [1.807, 2.05) is 13.8 Å². The second kappa shape index (κ2) is 7.68. The minimum Gasteiger partial charge on any atom is -0.486 e. The fourth-order valence-corrected chi connectivity index (χ4v) is 3.58. The van der Waals surface area contributed by atoms with Gasteiger partial charge in [0, 0.05) is 0 Å². The molecule has 1 aromatic rings. The Hall–Kier alpha value is -2.37. The molecule has 2 rings (SSSR count). The first-order chi connectivity index (χ1) is 11.9. The minimum atomic E-state index is -0.963. The van der Waals surface area contributed by atoms with Crippen molar-refractivity contribution in [1.29, 1.82) is 0 Å². The molecule has 1 aliphatic heterocycles. The maximum Gasteiger partial charge on any atom is 0.310 e. The third-order valence-corrected chi connectivity index (χ3v) is 4.70. The van der Waals surface area contributed by atoms with Crippen LogP contribution in [0.5, 0.6) is 5.75 Å². The zero-order valence-corrected chi connectivity index (χ0v) is 15.0. The van der Waals surface area contributed by atoms with E-state index >= 15 is 0 Å². The largest absolute Gasteiger partial charge is 0.486 e. The van der Waals surface area contributed by atoms with Crippen LogP contribution in [0, 0.1) is 11.8 Å². The predicted molar refractivity (Wildman–Crippen MR) is 90.3 cm³/mol. The van der Waals surface area contributed by atoms with Gasteiger partial charge in [-0.3, -0.25) is 14.4 Å². The summed E-state index contributed by atoms with van der Waals surface area (Å²) in [4.78, 5) is 37.4. The average molecular weight is 348 g/mol. The molecule has 0 bridgehead atoms. The Balaban J connectivity index is 2.53. The molecule has 0 spiro atoms. The number of ketones is 1. The quantitative estimate of drug-likeness (QED) is 0.736. The van der Waals surface area contributed by atoms with Crippen molar-refractivity contribution >= 4 is 17.7 Å². The predicted octanol–water partition coefficient (Wildman–Crippen LogP) is 2.79. The first kappa shape index (κ1) is 19.0. The highest BCUT2D eigenvalue weighted by Gasteiger charge is 2.52. The van der Waals surface area contributed by atoms with Gasteiger partial charge in [0.1, 0.15) is 11.4 Å². The number of para-hydroxylation sites is 1. The highest BCUT2D eigenvalue weighted by molar-refractivity contribution is 6.04. The van der Waals surface area contributed by atoms with Crippen molar-refractivity contribution in [3.8, 4) is 5.75 Å². The van der Waals surface area contributed by atoms with Crippen LogP contribution in [0.3, 0.4) is 0 Å². The number of hydrogen-bond donors (Lipinski definition) is 0. The summed E-state index contributed by atoms with van der Waals surface area (Å²) in [7, 11) is 2.49. The van der Waals surface area contributed by atoms with E-state index < -0.39 is 29.4 Å². The number of ether oxygens (including phenoxy) is 3. The number of hydrogen-bond acceptors (Lipinski definition) is 6. The van der Waals surface area contributed by atoms with Gasteiger partial charge in [-0.05, 0) is 25.5 Å². The van der Waals surface area contributed by atoms with Crippen LogP contribution in [0.4, 0.5) is 0 Å². The van der Waals surface area contributed by atoms with Crippen molar-refractivity contribution in [3.05, 3.63) is 29.8 Å². The standard InChI is InChI=1S/C19H24O6/c1-5-10-19(2)16(13(18(22)24-4)11-15(20)23-3)17(21)12-8-6-7-9-14(12)25-19/h6-9,13,16H,5,10-11H2,1-4H3. The van der Waals surface area contributed by atoms with Crippen LogP contribution in [0.25, 0.3) is 0 Å². The van der Waals surface area contributed by atoms with E-state index in [1.54, 1.807) is 24.3 Å². The molecular formula is C19H24O6. The van der Waals surface area contributed by atoms with Gasteiger partial charge in [-0.15, -0.1) is 0 Å². The van der Waals surface area contributed by atoms with Crippen LogP contribution in [0.2, 0.25) is 0 Å². The Morgan fingerprint density at radius 2 is 1.92 bits per heavy atom. The second-order valence-corrected chi connectivity index (χ2v) is 6.41. The number of fused-ring (bicyclic) bond motifs is 1. The Bertz CT molecular complexity index is 668. The number of esters is 2. The molecule has 0 aliphatic carbocycles. The molecule has 0 fully saturated rings. The molecule has 1 aromatic carbocycles. The van der Waals surface area contributed by atoms with E-state index in [0.717, 1.165) is 6.42 Å². The van der Waals surface area contributed by atoms with Crippen molar-refractivity contribution in [2.24, 2.45) is 11.8 Å². The summed E-state index contributed by atoms with van der Waals surface area (Å²) in [5.41, 5.74) is -0.493. The average Bonchev–Trinajstić information content (AvgIpc) is 2.60. The van der Waals surface area contributed by atoms with Gasteiger partial charge in [0.25, 0.3) is 0 Å². The molecule has 0 saturated carbocycles. The number of carbonyl (C=O) groups excluding carboxylic acids is 3. The number of Topliss-reactive ketones (excluding diaryl/α,β-unsaturated/α-hetero) is 1. The molecule has 0 saturated heterocycles. The number of benzene rings is 1. The van der Waals surface area contributed by atoms with E-state index in [0.29, 0.717) is 17.7 Å². The Morgan fingerprint density at radius 1 is 1.24 bits per heavy atom. The first-order valence-electron chi connectivity index (χ1n) is 8.34. The summed E-state index contributed by atoms with van der Waals surface area (Å²) in [5.74, 6) is -2.68. The van der Waals surface area contributed by atoms with E-state index in [2.05, 4.69) is 0 Å². The number of carbonyl (C=O) groups is 3. The molecule has 3 unspecified atom stereocenters. The van der Waals surface area contributed by atoms with Gasteiger partial charge in [-0.25, -0.2) is 0 Å². The molecular weight excluding hydrogens is 324 g/mol. The summed E-state index contributed by atoms with van der Waals surface area (Å²) >= 11 is 0. The molecule has 3 atom stereocenters. The molecule has 1 heterocycles. The normalized spacial score (nSPS) is 23.2. The van der Waals surface area contributed by atoms with Crippen LogP contribution in [-0.2, 0) is 19.1 Å². The van der Waals surface area contributed by atoms with Gasteiger partial charge in [0.15, 0.2) is 5.78 Å². The van der Waals surface area contributed by atoms with Crippen molar-refractivity contribution in [1.82, 2.24) is 0 Å². The third-order valence-electron chi connectivity index (χ3n) is 4.70. The fraction of sp³-hybridized carbons (Fsp3) is 0.526. The Kier molecular flexibility index (Phi) is 5.82. The lowest BCUT2D eigenvalue weighted by Gasteiger charge is -2.43. The van der Waals surface area contributed by atoms with Gasteiger partial charge < -0.3 is 14.2 Å². The van der Waals surface area contributed by atoms with Gasteiger partial charge in [-0.2, -0.15) is 0 Å².